The molecule has 1 aliphatic rings. The summed E-state index contributed by atoms with van der Waals surface area (Å²) in [5.41, 5.74) is 3.35. The lowest BCUT2D eigenvalue weighted by molar-refractivity contribution is -0.918. The van der Waals surface area contributed by atoms with Gasteiger partial charge < -0.3 is 10.2 Å². The van der Waals surface area contributed by atoms with Crippen molar-refractivity contribution in [1.29, 1.82) is 0 Å². The molecule has 0 radical (unpaired) electrons. The van der Waals surface area contributed by atoms with Crippen molar-refractivity contribution in [3.05, 3.63) is 65.2 Å². The number of amides is 1. The number of rotatable bonds is 8. The van der Waals surface area contributed by atoms with Gasteiger partial charge in [0.05, 0.1) is 23.7 Å². The number of aryl methyl sites for hydroxylation is 1. The maximum atomic E-state index is 12.3. The molecular formula is C23H31N2O3S+. The van der Waals surface area contributed by atoms with E-state index in [0.29, 0.717) is 6.54 Å². The van der Waals surface area contributed by atoms with Gasteiger partial charge in [-0.3, -0.25) is 4.79 Å². The number of carbonyl (C=O) groups is 1. The Kier molecular flexibility index (Phi) is 7.45. The zero-order chi connectivity index (χ0) is 20.7. The predicted octanol–water partition coefficient (Wildman–Crippen LogP) is 2.04. The molecule has 3 rings (SSSR count). The molecule has 0 atom stereocenters. The van der Waals surface area contributed by atoms with E-state index in [1.165, 1.54) is 37.9 Å². The highest BCUT2D eigenvalue weighted by Crippen LogP contribution is 2.13. The average molecular weight is 416 g/mol. The summed E-state index contributed by atoms with van der Waals surface area (Å²) in [7, 11) is -3.44. The van der Waals surface area contributed by atoms with E-state index in [-0.39, 0.29) is 23.0 Å². The number of benzene rings is 2. The van der Waals surface area contributed by atoms with Crippen LogP contribution in [0.2, 0.25) is 0 Å². The Morgan fingerprint density at radius 2 is 1.55 bits per heavy atom. The minimum Gasteiger partial charge on any atom is -0.352 e. The molecule has 0 aromatic heterocycles. The van der Waals surface area contributed by atoms with Crippen LogP contribution >= 0.6 is 0 Å². The molecule has 5 nitrogen and oxygen atoms in total. The number of carbonyl (C=O) groups excluding carboxylic acids is 1. The molecule has 2 N–H and O–H groups in total. The minimum atomic E-state index is -3.44. The van der Waals surface area contributed by atoms with Gasteiger partial charge in [-0.15, -0.1) is 0 Å². The molecule has 6 heteroatoms. The van der Waals surface area contributed by atoms with E-state index >= 15 is 0 Å². The molecule has 156 valence electrons. The van der Waals surface area contributed by atoms with Crippen LogP contribution in [0.25, 0.3) is 0 Å². The highest BCUT2D eigenvalue weighted by atomic mass is 32.2. The van der Waals surface area contributed by atoms with Crippen molar-refractivity contribution in [2.45, 2.75) is 50.6 Å². The lowest BCUT2D eigenvalue weighted by Crippen LogP contribution is -3.11. The number of nitrogens with one attached hydrogen (secondary N) is 2. The summed E-state index contributed by atoms with van der Waals surface area (Å²) in [6.45, 7) is 5.89. The molecule has 1 amide bonds. The predicted molar refractivity (Wildman–Crippen MR) is 114 cm³/mol. The first kappa shape index (κ1) is 21.5. The normalized spacial score (nSPS) is 15.2. The second-order valence-electron chi connectivity index (χ2n) is 7.96. The van der Waals surface area contributed by atoms with Gasteiger partial charge in [0.1, 0.15) is 6.54 Å². The van der Waals surface area contributed by atoms with E-state index in [0.717, 1.165) is 17.7 Å². The number of piperidine rings is 1. The average Bonchev–Trinajstić information content (AvgIpc) is 2.73. The van der Waals surface area contributed by atoms with Crippen LogP contribution in [-0.2, 0) is 27.7 Å². The molecule has 2 aromatic carbocycles. The largest absolute Gasteiger partial charge is 0.352 e. The van der Waals surface area contributed by atoms with Gasteiger partial charge in [-0.05, 0) is 43.9 Å². The molecule has 1 fully saturated rings. The number of quaternary nitrogens is 1. The van der Waals surface area contributed by atoms with Gasteiger partial charge in [-0.1, -0.05) is 42.0 Å². The van der Waals surface area contributed by atoms with Gasteiger partial charge in [0.25, 0.3) is 0 Å². The fourth-order valence-electron chi connectivity index (χ4n) is 3.67. The summed E-state index contributed by atoms with van der Waals surface area (Å²) in [6, 6.07) is 15.1. The first-order valence-electron chi connectivity index (χ1n) is 10.4. The molecule has 0 bridgehead atoms. The van der Waals surface area contributed by atoms with Crippen molar-refractivity contribution >= 4 is 15.7 Å². The van der Waals surface area contributed by atoms with Crippen LogP contribution < -0.4 is 10.2 Å². The summed E-state index contributed by atoms with van der Waals surface area (Å²) < 4.78 is 24.7. The monoisotopic (exact) mass is 415 g/mol. The molecule has 1 aliphatic heterocycles. The number of sulfone groups is 1. The Balaban J connectivity index is 1.43. The van der Waals surface area contributed by atoms with Crippen LogP contribution in [-0.4, -0.2) is 33.2 Å². The highest BCUT2D eigenvalue weighted by molar-refractivity contribution is 7.91. The maximum Gasteiger partial charge on any atom is 0.221 e. The Morgan fingerprint density at radius 3 is 2.21 bits per heavy atom. The van der Waals surface area contributed by atoms with Gasteiger partial charge in [-0.25, -0.2) is 8.42 Å². The van der Waals surface area contributed by atoms with Crippen molar-refractivity contribution in [1.82, 2.24) is 5.32 Å². The van der Waals surface area contributed by atoms with Crippen molar-refractivity contribution in [2.24, 2.45) is 0 Å². The topological polar surface area (TPSA) is 67.7 Å². The smallest absolute Gasteiger partial charge is 0.221 e. The van der Waals surface area contributed by atoms with E-state index in [1.807, 2.05) is 19.1 Å². The Hall–Kier alpha value is -2.18. The van der Waals surface area contributed by atoms with Gasteiger partial charge in [0.2, 0.25) is 5.91 Å². The molecule has 0 saturated carbocycles. The summed E-state index contributed by atoms with van der Waals surface area (Å²) in [5, 5.41) is 2.82. The van der Waals surface area contributed by atoms with Gasteiger partial charge in [-0.2, -0.15) is 0 Å². The SMILES string of the molecule is Cc1ccc(S(=O)(=O)CCC(=O)NCc2ccc(C[NH+]3CCCCC3)cc2)cc1. The Morgan fingerprint density at radius 1 is 0.931 bits per heavy atom. The van der Waals surface area contributed by atoms with Crippen LogP contribution in [0.4, 0.5) is 0 Å². The van der Waals surface area contributed by atoms with E-state index in [4.69, 9.17) is 0 Å². The van der Waals surface area contributed by atoms with Crippen molar-refractivity contribution in [2.75, 3.05) is 18.8 Å². The van der Waals surface area contributed by atoms with E-state index in [2.05, 4.69) is 17.4 Å². The molecule has 1 heterocycles. The third-order valence-electron chi connectivity index (χ3n) is 5.51. The first-order valence-corrected chi connectivity index (χ1v) is 12.1. The zero-order valence-electron chi connectivity index (χ0n) is 17.1. The third kappa shape index (κ3) is 6.68. The Bertz CT molecular complexity index is 900. The number of hydrogen-bond acceptors (Lipinski definition) is 3. The fourth-order valence-corrected chi connectivity index (χ4v) is 4.91. The molecule has 0 spiro atoms. The molecule has 29 heavy (non-hydrogen) atoms. The van der Waals surface area contributed by atoms with Gasteiger partial charge in [0, 0.05) is 18.5 Å². The quantitative estimate of drug-likeness (QED) is 0.693. The van der Waals surface area contributed by atoms with E-state index in [9.17, 15) is 13.2 Å². The summed E-state index contributed by atoms with van der Waals surface area (Å²) in [6.07, 6.45) is 3.96. The summed E-state index contributed by atoms with van der Waals surface area (Å²) >= 11 is 0. The van der Waals surface area contributed by atoms with Crippen LogP contribution in [0.3, 0.4) is 0 Å². The van der Waals surface area contributed by atoms with Crippen LogP contribution in [0, 0.1) is 6.92 Å². The van der Waals surface area contributed by atoms with Crippen LogP contribution in [0.1, 0.15) is 42.4 Å². The van der Waals surface area contributed by atoms with E-state index < -0.39 is 9.84 Å². The summed E-state index contributed by atoms with van der Waals surface area (Å²) in [4.78, 5) is 14.0. The zero-order valence-corrected chi connectivity index (χ0v) is 17.9. The number of hydrogen-bond donors (Lipinski definition) is 2. The molecular weight excluding hydrogens is 384 g/mol. The lowest BCUT2D eigenvalue weighted by Gasteiger charge is -2.23. The van der Waals surface area contributed by atoms with Gasteiger partial charge >= 0.3 is 0 Å². The fraction of sp³-hybridized carbons (Fsp3) is 0.435. The highest BCUT2D eigenvalue weighted by Gasteiger charge is 2.16. The molecule has 1 saturated heterocycles. The lowest BCUT2D eigenvalue weighted by atomic mass is 10.1. The second kappa shape index (κ2) is 10.0. The second-order valence-corrected chi connectivity index (χ2v) is 10.1. The molecule has 0 aliphatic carbocycles. The first-order chi connectivity index (χ1) is 13.9. The summed E-state index contributed by atoms with van der Waals surface area (Å²) in [5.74, 6) is -0.429. The van der Waals surface area contributed by atoms with Crippen LogP contribution in [0.5, 0.6) is 0 Å². The van der Waals surface area contributed by atoms with Crippen LogP contribution in [0.15, 0.2) is 53.4 Å². The van der Waals surface area contributed by atoms with Gasteiger partial charge in [0.15, 0.2) is 9.84 Å². The minimum absolute atomic E-state index is 0.0351. The van der Waals surface area contributed by atoms with Crippen molar-refractivity contribution in [3.8, 4) is 0 Å². The third-order valence-corrected chi connectivity index (χ3v) is 7.24. The standard InChI is InChI=1S/C23H30N2O3S/c1-19-5-11-22(12-6-19)29(27,28)16-13-23(26)24-17-20-7-9-21(10-8-20)18-25-14-3-2-4-15-25/h5-12H,2-4,13-18H2,1H3,(H,24,26)/p+1. The van der Waals surface area contributed by atoms with Crippen molar-refractivity contribution in [3.63, 3.8) is 0 Å². The number of likely N-dealkylation sites (tertiary alicyclic amines) is 1. The Labute approximate surface area is 174 Å². The maximum absolute atomic E-state index is 12.3. The molecule has 2 aromatic rings. The van der Waals surface area contributed by atoms with Crippen molar-refractivity contribution < 1.29 is 18.1 Å². The van der Waals surface area contributed by atoms with E-state index in [1.54, 1.807) is 29.2 Å². The molecule has 0 unspecified atom stereocenters.